The maximum absolute atomic E-state index is 2.35. The second-order valence-electron chi connectivity index (χ2n) is 7.74. The molecule has 0 radical (unpaired) electrons. The van der Waals surface area contributed by atoms with Crippen molar-refractivity contribution in [3.63, 3.8) is 0 Å². The lowest BCUT2D eigenvalue weighted by atomic mass is 9.89. The molecule has 0 spiro atoms. The summed E-state index contributed by atoms with van der Waals surface area (Å²) >= 11 is 0. The van der Waals surface area contributed by atoms with Gasteiger partial charge in [-0.05, 0) is 85.2 Å². The molecule has 0 nitrogen and oxygen atoms in total. The van der Waals surface area contributed by atoms with Crippen LogP contribution in [0.1, 0.15) is 50.3 Å². The molecule has 0 bridgehead atoms. The first-order valence-corrected chi connectivity index (χ1v) is 10.7. The van der Waals surface area contributed by atoms with E-state index in [-0.39, 0.29) is 0 Å². The topological polar surface area (TPSA) is 0 Å². The Morgan fingerprint density at radius 3 is 1.34 bits per heavy atom. The molecule has 1 aliphatic rings. The highest BCUT2D eigenvalue weighted by atomic mass is 14.2. The van der Waals surface area contributed by atoms with Gasteiger partial charge in [0.2, 0.25) is 0 Å². The Bertz CT molecular complexity index is 949. The van der Waals surface area contributed by atoms with Crippen molar-refractivity contribution >= 4 is 5.57 Å². The van der Waals surface area contributed by atoms with E-state index >= 15 is 0 Å². The van der Waals surface area contributed by atoms with Crippen molar-refractivity contribution in [3.8, 4) is 22.3 Å². The molecule has 3 aromatic rings. The number of hydrogen-bond acceptors (Lipinski definition) is 0. The summed E-state index contributed by atoms with van der Waals surface area (Å²) in [6.45, 7) is 10.5. The van der Waals surface area contributed by atoms with E-state index in [0.717, 1.165) is 12.8 Å². The van der Waals surface area contributed by atoms with Gasteiger partial charge < -0.3 is 0 Å². The Morgan fingerprint density at radius 2 is 0.931 bits per heavy atom. The summed E-state index contributed by atoms with van der Waals surface area (Å²) in [5.74, 6) is 0. The summed E-state index contributed by atoms with van der Waals surface area (Å²) in [4.78, 5) is 0. The fourth-order valence-electron chi connectivity index (χ4n) is 3.62. The monoisotopic (exact) mass is 380 g/mol. The maximum atomic E-state index is 2.35. The van der Waals surface area contributed by atoms with E-state index in [1.807, 2.05) is 13.8 Å². The van der Waals surface area contributed by atoms with Gasteiger partial charge in [-0.1, -0.05) is 91.2 Å². The van der Waals surface area contributed by atoms with Gasteiger partial charge in [0.25, 0.3) is 0 Å². The predicted molar refractivity (Wildman–Crippen MR) is 129 cm³/mol. The fourth-order valence-corrected chi connectivity index (χ4v) is 3.62. The van der Waals surface area contributed by atoms with Crippen LogP contribution >= 0.6 is 0 Å². The Morgan fingerprint density at radius 1 is 0.483 bits per heavy atom. The van der Waals surface area contributed by atoms with E-state index in [1.165, 1.54) is 50.1 Å². The number of hydrogen-bond donors (Lipinski definition) is 0. The third-order valence-electron chi connectivity index (χ3n) is 5.43. The molecule has 0 saturated carbocycles. The van der Waals surface area contributed by atoms with Crippen LogP contribution in [0.15, 0.2) is 84.5 Å². The van der Waals surface area contributed by atoms with Crippen molar-refractivity contribution in [2.75, 3.05) is 0 Å². The van der Waals surface area contributed by atoms with Gasteiger partial charge in [0.05, 0.1) is 0 Å². The van der Waals surface area contributed by atoms with Gasteiger partial charge >= 0.3 is 0 Å². The van der Waals surface area contributed by atoms with Crippen molar-refractivity contribution in [2.45, 2.75) is 47.5 Å². The normalized spacial score (nSPS) is 13.1. The Hall–Kier alpha value is -2.86. The van der Waals surface area contributed by atoms with Crippen LogP contribution in [0.3, 0.4) is 0 Å². The van der Waals surface area contributed by atoms with Gasteiger partial charge in [-0.2, -0.15) is 0 Å². The molecule has 4 rings (SSSR count). The number of benzene rings is 3. The zero-order valence-corrected chi connectivity index (χ0v) is 18.4. The van der Waals surface area contributed by atoms with E-state index < -0.39 is 0 Å². The second-order valence-corrected chi connectivity index (χ2v) is 7.74. The molecule has 29 heavy (non-hydrogen) atoms. The molecular formula is C29H32. The molecule has 0 saturated heterocycles. The van der Waals surface area contributed by atoms with Crippen LogP contribution in [-0.2, 0) is 0 Å². The summed E-state index contributed by atoms with van der Waals surface area (Å²) in [5, 5.41) is 0. The predicted octanol–water partition coefficient (Wildman–Crippen LogP) is 8.79. The van der Waals surface area contributed by atoms with Crippen LogP contribution in [0.25, 0.3) is 27.8 Å². The molecular weight excluding hydrogens is 348 g/mol. The minimum Gasteiger partial charge on any atom is -0.0730 e. The average Bonchev–Trinajstić information content (AvgIpc) is 2.76. The summed E-state index contributed by atoms with van der Waals surface area (Å²) in [6.07, 6.45) is 6.84. The number of allylic oxidation sites excluding steroid dienone is 4. The van der Waals surface area contributed by atoms with Gasteiger partial charge in [0, 0.05) is 0 Å². The molecule has 0 heterocycles. The quantitative estimate of drug-likeness (QED) is 0.426. The smallest absolute Gasteiger partial charge is 0.0172 e. The molecule has 3 aromatic carbocycles. The van der Waals surface area contributed by atoms with E-state index in [4.69, 9.17) is 0 Å². The van der Waals surface area contributed by atoms with Crippen LogP contribution in [0.5, 0.6) is 0 Å². The zero-order chi connectivity index (χ0) is 20.8. The van der Waals surface area contributed by atoms with Gasteiger partial charge in [-0.3, -0.25) is 0 Å². The van der Waals surface area contributed by atoms with Crippen molar-refractivity contribution < 1.29 is 0 Å². The van der Waals surface area contributed by atoms with Crippen molar-refractivity contribution in [1.82, 2.24) is 0 Å². The lowest BCUT2D eigenvalue weighted by molar-refractivity contribution is 0.977. The van der Waals surface area contributed by atoms with Crippen molar-refractivity contribution in [2.24, 2.45) is 0 Å². The third-order valence-corrected chi connectivity index (χ3v) is 5.43. The molecule has 0 atom stereocenters. The molecule has 148 valence electrons. The minimum atomic E-state index is 1.12. The molecule has 0 aliphatic heterocycles. The molecule has 0 N–H and O–H groups in total. The van der Waals surface area contributed by atoms with E-state index in [2.05, 4.69) is 99.7 Å². The Labute approximate surface area is 176 Å². The van der Waals surface area contributed by atoms with E-state index in [9.17, 15) is 0 Å². The van der Waals surface area contributed by atoms with Crippen molar-refractivity contribution in [3.05, 3.63) is 101 Å². The maximum Gasteiger partial charge on any atom is -0.0172 e. The molecule has 1 aliphatic carbocycles. The van der Waals surface area contributed by atoms with Crippen molar-refractivity contribution in [1.29, 1.82) is 0 Å². The zero-order valence-electron chi connectivity index (χ0n) is 18.4. The lowest BCUT2D eigenvalue weighted by Crippen LogP contribution is -1.93. The molecule has 0 unspecified atom stereocenters. The summed E-state index contributed by atoms with van der Waals surface area (Å²) in [7, 11) is 0. The lowest BCUT2D eigenvalue weighted by Gasteiger charge is -2.16. The first kappa shape index (κ1) is 20.9. The van der Waals surface area contributed by atoms with E-state index in [0.29, 0.717) is 0 Å². The molecule has 0 aromatic heterocycles. The van der Waals surface area contributed by atoms with Crippen LogP contribution in [0.4, 0.5) is 0 Å². The van der Waals surface area contributed by atoms with Gasteiger partial charge in [0.1, 0.15) is 0 Å². The largest absolute Gasteiger partial charge is 0.0730 e. The molecule has 0 heteroatoms. The number of aryl methyl sites for hydroxylation is 2. The standard InChI is InChI=1S/C27H26.C2H6/c1-19-4-10-22(11-5-19)25-16-26(23-12-6-20(2)7-13-23)18-27(17-25)24-14-8-21(3)9-15-24;1-2/h4-8,10-14,16-18H,9,15H2,1-3H3;1-2H3. The highest BCUT2D eigenvalue weighted by molar-refractivity contribution is 5.81. The van der Waals surface area contributed by atoms with Crippen LogP contribution in [-0.4, -0.2) is 0 Å². The van der Waals surface area contributed by atoms with Crippen LogP contribution in [0, 0.1) is 13.8 Å². The van der Waals surface area contributed by atoms with Crippen LogP contribution in [0.2, 0.25) is 0 Å². The van der Waals surface area contributed by atoms with Gasteiger partial charge in [0.15, 0.2) is 0 Å². The Balaban J connectivity index is 0.00000117. The fraction of sp³-hybridized carbons (Fsp3) is 0.241. The first-order valence-electron chi connectivity index (χ1n) is 10.7. The summed E-state index contributed by atoms with van der Waals surface area (Å²) in [5.41, 5.74) is 12.0. The minimum absolute atomic E-state index is 1.12. The SMILES string of the molecule is CC.CC1=CC=C(c2cc(-c3ccc(C)cc3)cc(-c3ccc(C)cc3)c2)CC1. The van der Waals surface area contributed by atoms with E-state index in [1.54, 1.807) is 0 Å². The third kappa shape index (κ3) is 5.15. The second kappa shape index (κ2) is 9.56. The molecule has 0 fully saturated rings. The highest BCUT2D eigenvalue weighted by Gasteiger charge is 2.11. The van der Waals surface area contributed by atoms with Gasteiger partial charge in [-0.15, -0.1) is 0 Å². The average molecular weight is 381 g/mol. The Kier molecular flexibility index (Phi) is 6.88. The molecule has 0 amide bonds. The highest BCUT2D eigenvalue weighted by Crippen LogP contribution is 2.34. The first-order chi connectivity index (χ1) is 14.1. The summed E-state index contributed by atoms with van der Waals surface area (Å²) < 4.78 is 0. The van der Waals surface area contributed by atoms with Crippen LogP contribution < -0.4 is 0 Å². The van der Waals surface area contributed by atoms with Gasteiger partial charge in [-0.25, -0.2) is 0 Å². The number of rotatable bonds is 3. The summed E-state index contributed by atoms with van der Waals surface area (Å²) in [6, 6.07) is 24.7.